The fourth-order valence-corrected chi connectivity index (χ4v) is 2.21. The molecule has 4 N–H and O–H groups in total. The number of phosphoric acid groups is 1. The van der Waals surface area contributed by atoms with Gasteiger partial charge in [-0.3, -0.25) is 9.79 Å². The maximum atomic E-state index is 11.0. The van der Waals surface area contributed by atoms with E-state index in [-0.39, 0.29) is 16.6 Å². The minimum absolute atomic E-state index is 0.0271. The first-order valence-corrected chi connectivity index (χ1v) is 9.63. The van der Waals surface area contributed by atoms with Crippen LogP contribution in [0.2, 0.25) is 0 Å². The molecular weight excluding hydrogens is 322 g/mol. The van der Waals surface area contributed by atoms with Gasteiger partial charge >= 0.3 is 23.7 Å². The first-order chi connectivity index (χ1) is 9.72. The lowest BCUT2D eigenvalue weighted by Crippen LogP contribution is -2.17. The van der Waals surface area contributed by atoms with Gasteiger partial charge in [0.25, 0.3) is 0 Å². The van der Waals surface area contributed by atoms with E-state index in [1.54, 1.807) is 6.07 Å². The van der Waals surface area contributed by atoms with Crippen molar-refractivity contribution in [3.05, 3.63) is 29.3 Å². The summed E-state index contributed by atoms with van der Waals surface area (Å²) in [7, 11) is -4.54. The van der Waals surface area contributed by atoms with Crippen LogP contribution in [0.3, 0.4) is 0 Å². The molecule has 0 spiro atoms. The largest absolute Gasteiger partial charge is 0.644 e. The normalized spacial score (nSPS) is 12.3. The summed E-state index contributed by atoms with van der Waals surface area (Å²) in [5.41, 5.74) is 1.62. The van der Waals surface area contributed by atoms with Crippen molar-refractivity contribution >= 4 is 23.7 Å². The summed E-state index contributed by atoms with van der Waals surface area (Å²) < 4.78 is 30.4. The topological polar surface area (TPSA) is 107 Å². The van der Waals surface area contributed by atoms with Crippen LogP contribution in [0.5, 0.6) is 5.75 Å². The van der Waals surface area contributed by atoms with Crippen LogP contribution in [0.4, 0.5) is 0 Å². The third-order valence-corrected chi connectivity index (χ3v) is 3.31. The van der Waals surface area contributed by atoms with Gasteiger partial charge in [-0.15, -0.1) is 0 Å². The zero-order chi connectivity index (χ0) is 17.8. The van der Waals surface area contributed by atoms with Gasteiger partial charge in [0.15, 0.2) is 0 Å². The number of benzene rings is 1. The molecule has 0 aromatic heterocycles. The molecule has 0 unspecified atom stereocenters. The van der Waals surface area contributed by atoms with Crippen molar-refractivity contribution in [1.82, 2.24) is 0 Å². The molecule has 6 nitrogen and oxygen atoms in total. The van der Waals surface area contributed by atoms with Gasteiger partial charge in [0.2, 0.25) is 0 Å². The molecule has 1 aromatic carbocycles. The lowest BCUT2D eigenvalue weighted by Gasteiger charge is -2.27. The predicted octanol–water partition coefficient (Wildman–Crippen LogP) is 1.99. The Kier molecular flexibility index (Phi) is 7.80. The van der Waals surface area contributed by atoms with Crippen molar-refractivity contribution in [3.63, 3.8) is 0 Å². The predicted molar refractivity (Wildman–Crippen MR) is 88.1 cm³/mol. The minimum atomic E-state index is -4.54. The van der Waals surface area contributed by atoms with Gasteiger partial charge in [-0.05, 0) is 22.5 Å². The van der Waals surface area contributed by atoms with Crippen molar-refractivity contribution in [2.45, 2.75) is 52.4 Å². The zero-order valence-electron chi connectivity index (χ0n) is 14.0. The molecule has 8 heteroatoms. The third-order valence-electron chi connectivity index (χ3n) is 2.87. The highest BCUT2D eigenvalue weighted by Crippen LogP contribution is 2.43. The van der Waals surface area contributed by atoms with E-state index in [9.17, 15) is 4.57 Å². The summed E-state index contributed by atoms with van der Waals surface area (Å²) in [6, 6.07) is 5.45. The molecule has 1 rings (SSSR count). The first kappa shape index (κ1) is 21.6. The first-order valence-electron chi connectivity index (χ1n) is 6.84. The average molecular weight is 348 g/mol. The molecule has 0 aliphatic carbocycles. The van der Waals surface area contributed by atoms with Crippen molar-refractivity contribution in [2.24, 2.45) is 0 Å². The second-order valence-corrected chi connectivity index (χ2v) is 8.38. The molecule has 0 atom stereocenters. The maximum Gasteiger partial charge on any atom is 0.644 e. The Morgan fingerprint density at radius 3 is 1.77 bits per heavy atom. The molecule has 0 fully saturated rings. The molecule has 126 valence electrons. The quantitative estimate of drug-likeness (QED) is 0.481. The fraction of sp³-hybridized carbons (Fsp3) is 0.571. The Labute approximate surface area is 138 Å². The Morgan fingerprint density at radius 1 is 1.00 bits per heavy atom. The maximum absolute atomic E-state index is 11.0. The number of phosphoric ester groups is 1. The molecule has 0 saturated heterocycles. The molecule has 0 amide bonds. The number of hydrogen-bond acceptors (Lipinski definition) is 4. The number of hydrogen-bond donors (Lipinski definition) is 4. The third kappa shape index (κ3) is 7.76. The molecule has 0 bridgehead atoms. The molecule has 0 radical (unpaired) electrons. The lowest BCUT2D eigenvalue weighted by atomic mass is 9.80. The standard InChI is InChI=1S/C14H23O4P.Al.2H2O.H/c1-13(2,3)10-7-8-12(18-19(15,16)17)11(9-10)14(4,5)6;;;;/h7-9H,1-6H3,(H2,15,16,17);;2*1H2;/q;+2;;;/p-2. The van der Waals surface area contributed by atoms with Crippen LogP contribution < -0.4 is 4.52 Å². The molecule has 0 saturated carbocycles. The van der Waals surface area contributed by atoms with Gasteiger partial charge in [-0.1, -0.05) is 53.7 Å². The average Bonchev–Trinajstić information content (AvgIpc) is 2.25. The number of rotatable bonds is 2. The van der Waals surface area contributed by atoms with E-state index in [1.165, 1.54) is 0 Å². The highest BCUT2D eigenvalue weighted by atomic mass is 31.2. The smallest absolute Gasteiger partial charge is 0.496 e. The van der Waals surface area contributed by atoms with Crippen molar-refractivity contribution in [2.75, 3.05) is 0 Å². The molecule has 0 aliphatic heterocycles. The van der Waals surface area contributed by atoms with E-state index in [0.717, 1.165) is 11.1 Å². The van der Waals surface area contributed by atoms with Crippen LogP contribution in [0.1, 0.15) is 52.7 Å². The molecule has 1 aromatic rings. The van der Waals surface area contributed by atoms with E-state index in [0.29, 0.717) is 0 Å². The van der Waals surface area contributed by atoms with Crippen molar-refractivity contribution < 1.29 is 27.2 Å². The molecule has 22 heavy (non-hydrogen) atoms. The lowest BCUT2D eigenvalue weighted by molar-refractivity contribution is 0.280. The Balaban J connectivity index is 0.00000135. The summed E-state index contributed by atoms with van der Waals surface area (Å²) in [4.78, 5) is 18.0. The summed E-state index contributed by atoms with van der Waals surface area (Å²) in [5, 5.41) is 0. The van der Waals surface area contributed by atoms with Gasteiger partial charge in [-0.2, -0.15) is 0 Å². The Hall–Kier alpha value is -0.378. The van der Waals surface area contributed by atoms with E-state index >= 15 is 0 Å². The Bertz CT molecular complexity index is 527. The summed E-state index contributed by atoms with van der Waals surface area (Å²) in [5.74, 6) is 0.244. The second kappa shape index (κ2) is 7.94. The van der Waals surface area contributed by atoms with Crippen molar-refractivity contribution in [1.29, 1.82) is 0 Å². The van der Waals surface area contributed by atoms with Crippen LogP contribution in [0, 0.1) is 0 Å². The van der Waals surface area contributed by atoms with Crippen LogP contribution in [-0.4, -0.2) is 34.0 Å². The monoisotopic (exact) mass is 348 g/mol. The molecular formula is C14H26AlO6P. The van der Waals surface area contributed by atoms with Gasteiger partial charge < -0.3 is 12.8 Å². The fourth-order valence-electron chi connectivity index (χ4n) is 1.79. The van der Waals surface area contributed by atoms with Gasteiger partial charge in [-0.25, -0.2) is 4.57 Å². The molecule has 0 aliphatic rings. The van der Waals surface area contributed by atoms with E-state index in [2.05, 4.69) is 20.8 Å². The Morgan fingerprint density at radius 2 is 1.45 bits per heavy atom. The van der Waals surface area contributed by atoms with Crippen LogP contribution in [-0.2, 0) is 15.4 Å². The highest BCUT2D eigenvalue weighted by Gasteiger charge is 2.26. The van der Waals surface area contributed by atoms with Crippen LogP contribution in [0.25, 0.3) is 0 Å². The van der Waals surface area contributed by atoms with E-state index in [4.69, 9.17) is 22.6 Å². The summed E-state index contributed by atoms with van der Waals surface area (Å²) in [6.45, 7) is 12.2. The van der Waals surface area contributed by atoms with Gasteiger partial charge in [0, 0.05) is 5.56 Å². The summed E-state index contributed by atoms with van der Waals surface area (Å²) >= 11 is -1.58. The van der Waals surface area contributed by atoms with Crippen LogP contribution in [0.15, 0.2) is 18.2 Å². The van der Waals surface area contributed by atoms with Gasteiger partial charge in [0.05, 0.1) is 0 Å². The second-order valence-electron chi connectivity index (χ2n) is 6.93. The summed E-state index contributed by atoms with van der Waals surface area (Å²) in [6.07, 6.45) is 0. The van der Waals surface area contributed by atoms with E-state index in [1.807, 2.05) is 32.9 Å². The van der Waals surface area contributed by atoms with E-state index < -0.39 is 23.7 Å². The molecule has 0 heterocycles. The van der Waals surface area contributed by atoms with Crippen molar-refractivity contribution in [3.8, 4) is 5.75 Å². The van der Waals surface area contributed by atoms with Crippen LogP contribution >= 0.6 is 7.82 Å². The minimum Gasteiger partial charge on any atom is -0.496 e. The zero-order valence-corrected chi connectivity index (χ0v) is 16.3. The highest BCUT2D eigenvalue weighted by molar-refractivity contribution is 7.46. The SMILES string of the molecule is CC(C)(C)c1ccc(OP(=O)(O)O)c(C(C)(C)C)c1.[OH][AlH][OH]. The van der Waals surface area contributed by atoms with Gasteiger partial charge in [0.1, 0.15) is 5.75 Å².